The molecule has 3 amide bonds. The number of aromatic nitrogens is 7. The van der Waals surface area contributed by atoms with Crippen molar-refractivity contribution in [3.05, 3.63) is 114 Å². The fourth-order valence-electron chi connectivity index (χ4n) is 10.1. The Hall–Kier alpha value is -5.57. The van der Waals surface area contributed by atoms with Gasteiger partial charge in [-0.2, -0.15) is 0 Å². The summed E-state index contributed by atoms with van der Waals surface area (Å²) in [6.45, 7) is 8.89. The average molecular weight is 975 g/mol. The molecular weight excluding hydrogens is 905 g/mol. The molecule has 6 N–H and O–H groups in total. The topological polar surface area (TPSA) is 215 Å². The third kappa shape index (κ3) is 12.8. The fourth-order valence-corrected chi connectivity index (χ4v) is 10.9. The quantitative estimate of drug-likeness (QED) is 0.0627. The van der Waals surface area contributed by atoms with Crippen LogP contribution in [0.15, 0.2) is 107 Å². The van der Waals surface area contributed by atoms with Crippen molar-refractivity contribution in [3.63, 3.8) is 0 Å². The lowest BCUT2D eigenvalue weighted by molar-refractivity contribution is -0.139. The van der Waals surface area contributed by atoms with E-state index in [1.54, 1.807) is 11.7 Å². The van der Waals surface area contributed by atoms with E-state index in [-0.39, 0.29) is 66.6 Å². The minimum Gasteiger partial charge on any atom is -0.370 e. The summed E-state index contributed by atoms with van der Waals surface area (Å²) in [5, 5.41) is 35.6. The first kappa shape index (κ1) is 50.8. The summed E-state index contributed by atoms with van der Waals surface area (Å²) < 4.78 is 10.1. The SMILES string of the molecule is CC[C@H](N)C(=O)N[C@@H]1C(=O)N2[C@@H](CC[C@@H]1Cn1cc(CO[C@H](C)[C@@H](CN3CCCC3Cn3nnnc3Sc3ccccc3)NC(=O)[C@H](C)NC)nn1)CC[C@H]2CNC(c1ccccc1)c1ccccc1. The second-order valence-electron chi connectivity index (χ2n) is 19.1. The minimum atomic E-state index is -0.785. The van der Waals surface area contributed by atoms with Crippen LogP contribution in [0.4, 0.5) is 0 Å². The molecule has 3 saturated heterocycles. The van der Waals surface area contributed by atoms with Crippen molar-refractivity contribution < 1.29 is 19.1 Å². The van der Waals surface area contributed by atoms with E-state index < -0.39 is 18.1 Å². The maximum Gasteiger partial charge on any atom is 0.246 e. The van der Waals surface area contributed by atoms with Gasteiger partial charge in [0.2, 0.25) is 22.9 Å². The average Bonchev–Trinajstić information content (AvgIpc) is 4.21. The Kier molecular flexibility index (Phi) is 17.8. The van der Waals surface area contributed by atoms with Crippen LogP contribution in [0.1, 0.15) is 88.6 Å². The van der Waals surface area contributed by atoms with Crippen LogP contribution < -0.4 is 27.0 Å². The Morgan fingerprint density at radius 2 is 1.56 bits per heavy atom. The highest BCUT2D eigenvalue weighted by atomic mass is 32.2. The van der Waals surface area contributed by atoms with Gasteiger partial charge in [-0.15, -0.1) is 10.2 Å². The zero-order chi connectivity index (χ0) is 49.0. The number of ether oxygens (including phenoxy) is 1. The molecule has 1 unspecified atom stereocenters. The largest absolute Gasteiger partial charge is 0.370 e. The number of nitrogens with zero attached hydrogens (tertiary/aromatic N) is 9. The van der Waals surface area contributed by atoms with Gasteiger partial charge in [-0.1, -0.05) is 91.0 Å². The van der Waals surface area contributed by atoms with E-state index in [2.05, 4.69) is 105 Å². The van der Waals surface area contributed by atoms with Crippen LogP contribution in [0.5, 0.6) is 0 Å². The first-order chi connectivity index (χ1) is 34.1. The number of hydrogen-bond donors (Lipinski definition) is 5. The van der Waals surface area contributed by atoms with Crippen LogP contribution >= 0.6 is 11.8 Å². The molecule has 19 heteroatoms. The number of nitrogens with two attached hydrogens (primary N) is 1. The van der Waals surface area contributed by atoms with Crippen LogP contribution in [-0.4, -0.2) is 138 Å². The number of carbonyl (C=O) groups excluding carboxylic acids is 3. The van der Waals surface area contributed by atoms with Crippen molar-refractivity contribution in [2.75, 3.05) is 26.7 Å². The van der Waals surface area contributed by atoms with Gasteiger partial charge in [0.15, 0.2) is 0 Å². The van der Waals surface area contributed by atoms with Crippen LogP contribution in [0.3, 0.4) is 0 Å². The zero-order valence-corrected chi connectivity index (χ0v) is 41.7. The van der Waals surface area contributed by atoms with E-state index in [9.17, 15) is 14.4 Å². The van der Waals surface area contributed by atoms with Gasteiger partial charge in [0.25, 0.3) is 0 Å². The minimum absolute atomic E-state index is 0.0420. The summed E-state index contributed by atoms with van der Waals surface area (Å²) in [5.41, 5.74) is 9.19. The second kappa shape index (κ2) is 24.5. The lowest BCUT2D eigenvalue weighted by Gasteiger charge is -2.34. The van der Waals surface area contributed by atoms with Gasteiger partial charge in [-0.25, -0.2) is 4.68 Å². The van der Waals surface area contributed by atoms with Crippen molar-refractivity contribution in [3.8, 4) is 0 Å². The van der Waals surface area contributed by atoms with Gasteiger partial charge in [0.05, 0.1) is 49.6 Å². The predicted octanol–water partition coefficient (Wildman–Crippen LogP) is 3.95. The summed E-state index contributed by atoms with van der Waals surface area (Å²) in [6.07, 6.45) is 7.20. The summed E-state index contributed by atoms with van der Waals surface area (Å²) >= 11 is 1.53. The smallest absolute Gasteiger partial charge is 0.246 e. The molecule has 2 aromatic heterocycles. The second-order valence-corrected chi connectivity index (χ2v) is 20.1. The van der Waals surface area contributed by atoms with Crippen molar-refractivity contribution in [2.24, 2.45) is 11.7 Å². The molecule has 3 aliphatic heterocycles. The molecule has 3 aliphatic rings. The fraction of sp³-hybridized carbons (Fsp3) is 0.529. The maximum absolute atomic E-state index is 14.9. The van der Waals surface area contributed by atoms with Crippen molar-refractivity contribution in [2.45, 2.75) is 150 Å². The first-order valence-electron chi connectivity index (χ1n) is 25.0. The first-order valence-corrected chi connectivity index (χ1v) is 25.8. The molecule has 18 nitrogen and oxygen atoms in total. The number of likely N-dealkylation sites (tertiary alicyclic amines) is 1. The summed E-state index contributed by atoms with van der Waals surface area (Å²) in [4.78, 5) is 47.3. The summed E-state index contributed by atoms with van der Waals surface area (Å²) in [5.74, 6) is -0.773. The summed E-state index contributed by atoms with van der Waals surface area (Å²) in [7, 11) is 1.77. The number of fused-ring (bicyclic) bond motifs is 1. The van der Waals surface area contributed by atoms with E-state index in [1.807, 2.05) is 74.1 Å². The number of amides is 3. The van der Waals surface area contributed by atoms with Gasteiger partial charge in [0, 0.05) is 48.6 Å². The van der Waals surface area contributed by atoms with Gasteiger partial charge < -0.3 is 36.6 Å². The van der Waals surface area contributed by atoms with Crippen molar-refractivity contribution in [1.29, 1.82) is 0 Å². The van der Waals surface area contributed by atoms with E-state index in [4.69, 9.17) is 10.5 Å². The Morgan fingerprint density at radius 1 is 0.857 bits per heavy atom. The van der Waals surface area contributed by atoms with E-state index >= 15 is 0 Å². The molecule has 0 radical (unpaired) electrons. The molecule has 9 atom stereocenters. The Morgan fingerprint density at radius 3 is 2.26 bits per heavy atom. The number of hydrogen-bond acceptors (Lipinski definition) is 14. The predicted molar refractivity (Wildman–Crippen MR) is 267 cm³/mol. The van der Waals surface area contributed by atoms with Crippen molar-refractivity contribution in [1.82, 2.24) is 66.3 Å². The number of benzene rings is 3. The Labute approximate surface area is 415 Å². The van der Waals surface area contributed by atoms with Crippen LogP contribution in [0, 0.1) is 5.92 Å². The molecule has 0 aliphatic carbocycles. The van der Waals surface area contributed by atoms with Gasteiger partial charge in [0.1, 0.15) is 11.7 Å². The van der Waals surface area contributed by atoms with Crippen LogP contribution in [-0.2, 0) is 38.8 Å². The Bertz CT molecular complexity index is 2390. The third-order valence-corrected chi connectivity index (χ3v) is 15.4. The highest BCUT2D eigenvalue weighted by molar-refractivity contribution is 7.99. The van der Waals surface area contributed by atoms with Gasteiger partial charge in [-0.05, 0) is 118 Å². The summed E-state index contributed by atoms with van der Waals surface area (Å²) in [6, 6.07) is 28.7. The van der Waals surface area contributed by atoms with Gasteiger partial charge >= 0.3 is 0 Å². The third-order valence-electron chi connectivity index (χ3n) is 14.4. The number of nitrogens with one attached hydrogen (secondary N) is 4. The molecule has 3 aromatic carbocycles. The number of rotatable bonds is 23. The van der Waals surface area contributed by atoms with E-state index in [0.717, 1.165) is 59.8 Å². The van der Waals surface area contributed by atoms with Crippen LogP contribution in [0.25, 0.3) is 0 Å². The molecule has 8 rings (SSSR count). The van der Waals surface area contributed by atoms with Crippen molar-refractivity contribution >= 4 is 29.5 Å². The molecule has 0 saturated carbocycles. The zero-order valence-electron chi connectivity index (χ0n) is 40.8. The number of tetrazole rings is 1. The Balaban J connectivity index is 0.921. The number of likely N-dealkylation sites (N-methyl/N-ethyl adjacent to an activating group) is 1. The molecule has 0 spiro atoms. The maximum atomic E-state index is 14.9. The molecule has 70 heavy (non-hydrogen) atoms. The molecule has 5 heterocycles. The number of carbonyl (C=O) groups is 3. The monoisotopic (exact) mass is 975 g/mol. The molecular formula is C51H70N14O4S. The molecule has 5 aromatic rings. The van der Waals surface area contributed by atoms with Gasteiger partial charge in [-0.3, -0.25) is 24.0 Å². The molecule has 3 fully saturated rings. The molecule has 0 bridgehead atoms. The lowest BCUT2D eigenvalue weighted by Crippen LogP contribution is -2.57. The van der Waals surface area contributed by atoms with Crippen LogP contribution in [0.2, 0.25) is 0 Å². The highest BCUT2D eigenvalue weighted by Crippen LogP contribution is 2.35. The lowest BCUT2D eigenvalue weighted by atomic mass is 9.92. The van der Waals surface area contributed by atoms with E-state index in [0.29, 0.717) is 44.7 Å². The van der Waals surface area contributed by atoms with E-state index in [1.165, 1.54) is 11.8 Å². The standard InChI is InChI=1S/C51H70N14O4S/c1-5-44(52)49(67)56-47-38(23-24-40-25-26-41(65(40)50(47)68)28-54-46(36-16-9-6-10-17-36)37-18-11-7-12-19-37)29-63-30-39(57-60-63)33-69-35(3)45(55-48(66)34(2)53-4)32-62-27-15-20-42(62)31-64-51(58-59-61-64)70-43-21-13-8-14-22-43/h6-14,16-19,21-22,30,34-35,38,40-42,44-47,53-54H,5,15,20,23-29,31-33,52H2,1-4H3,(H,55,66)(H,56,67)/t34-,35+,38+,40-,41-,42?,44-,45+,47-/m0/s1. The molecule has 374 valence electrons. The highest BCUT2D eigenvalue weighted by Gasteiger charge is 2.46. The normalized spacial score (nSPS) is 22.3.